The molecule has 1 aliphatic heterocycles. The molecule has 0 spiro atoms. The Morgan fingerprint density at radius 2 is 1.94 bits per heavy atom. The summed E-state index contributed by atoms with van der Waals surface area (Å²) < 4.78 is 6.92. The highest BCUT2D eigenvalue weighted by Crippen LogP contribution is 2.32. The molecule has 160 valence electrons. The Morgan fingerprint density at radius 3 is 2.71 bits per heavy atom. The normalized spacial score (nSPS) is 15.2. The molecule has 2 N–H and O–H groups in total. The Hall–Kier alpha value is -3.68. The Kier molecular flexibility index (Phi) is 5.70. The van der Waals surface area contributed by atoms with E-state index in [0.717, 1.165) is 19.3 Å². The number of hydrogen-bond donors (Lipinski definition) is 2. The Labute approximate surface area is 179 Å². The molecule has 3 aromatic rings. The molecular weight excluding hydrogens is 396 g/mol. The number of benzene rings is 2. The van der Waals surface area contributed by atoms with Crippen molar-refractivity contribution in [2.24, 2.45) is 0 Å². The van der Waals surface area contributed by atoms with Gasteiger partial charge in [-0.25, -0.2) is 4.68 Å². The molecule has 8 nitrogen and oxygen atoms in total. The van der Waals surface area contributed by atoms with E-state index >= 15 is 0 Å². The molecule has 1 aromatic heterocycles. The third-order valence-electron chi connectivity index (χ3n) is 5.22. The van der Waals surface area contributed by atoms with Crippen LogP contribution in [0.15, 0.2) is 47.3 Å². The molecule has 2 aromatic carbocycles. The van der Waals surface area contributed by atoms with Crippen molar-refractivity contribution in [2.45, 2.75) is 45.8 Å². The van der Waals surface area contributed by atoms with E-state index < -0.39 is 12.0 Å². The summed E-state index contributed by atoms with van der Waals surface area (Å²) in [5, 5.41) is 10.9. The maximum atomic E-state index is 13.1. The second-order valence-corrected chi connectivity index (χ2v) is 7.54. The number of carbonyl (C=O) groups excluding carboxylic acids is 2. The summed E-state index contributed by atoms with van der Waals surface area (Å²) in [7, 11) is 0. The van der Waals surface area contributed by atoms with Gasteiger partial charge in [-0.1, -0.05) is 38.0 Å². The number of nitrogens with one attached hydrogen (secondary N) is 2. The first kappa shape index (κ1) is 20.6. The van der Waals surface area contributed by atoms with Crippen molar-refractivity contribution in [1.29, 1.82) is 0 Å². The van der Waals surface area contributed by atoms with Crippen molar-refractivity contribution >= 4 is 34.0 Å². The first-order valence-corrected chi connectivity index (χ1v) is 10.4. The van der Waals surface area contributed by atoms with Gasteiger partial charge < -0.3 is 15.4 Å². The van der Waals surface area contributed by atoms with Crippen molar-refractivity contribution in [1.82, 2.24) is 9.78 Å². The minimum atomic E-state index is -0.572. The molecule has 2 amide bonds. The van der Waals surface area contributed by atoms with Crippen LogP contribution in [0.2, 0.25) is 0 Å². The maximum Gasteiger partial charge on any atom is 0.276 e. The SMILES string of the molecule is CCCCCn1nc(C(=O)Nc2ccc3c(c2)NC(=O)[C@H](C)O3)c2ccccc2c1=O. The lowest BCUT2D eigenvalue weighted by Crippen LogP contribution is -2.34. The molecule has 2 heterocycles. The summed E-state index contributed by atoms with van der Waals surface area (Å²) in [4.78, 5) is 37.8. The van der Waals surface area contributed by atoms with Crippen molar-refractivity contribution in [3.63, 3.8) is 0 Å². The van der Waals surface area contributed by atoms with Gasteiger partial charge in [0.05, 0.1) is 11.1 Å². The number of carbonyl (C=O) groups is 2. The highest BCUT2D eigenvalue weighted by atomic mass is 16.5. The minimum absolute atomic E-state index is 0.179. The van der Waals surface area contributed by atoms with Crippen LogP contribution in [-0.2, 0) is 11.3 Å². The van der Waals surface area contributed by atoms with Gasteiger partial charge in [-0.05, 0) is 37.6 Å². The molecule has 8 heteroatoms. The Balaban J connectivity index is 1.66. The predicted molar refractivity (Wildman–Crippen MR) is 119 cm³/mol. The Morgan fingerprint density at radius 1 is 1.16 bits per heavy atom. The molecule has 0 saturated carbocycles. The number of amides is 2. The summed E-state index contributed by atoms with van der Waals surface area (Å²) in [6.45, 7) is 4.21. The van der Waals surface area contributed by atoms with E-state index in [0.29, 0.717) is 34.4 Å². The van der Waals surface area contributed by atoms with Crippen LogP contribution in [0.1, 0.15) is 43.6 Å². The van der Waals surface area contributed by atoms with E-state index in [1.807, 2.05) is 0 Å². The quantitative estimate of drug-likeness (QED) is 0.594. The number of nitrogens with zero attached hydrogens (tertiary/aromatic N) is 2. The molecule has 4 rings (SSSR count). The van der Waals surface area contributed by atoms with Gasteiger partial charge in [0.15, 0.2) is 11.8 Å². The summed E-state index contributed by atoms with van der Waals surface area (Å²) in [6.07, 6.45) is 2.24. The number of aryl methyl sites for hydroxylation is 1. The molecule has 31 heavy (non-hydrogen) atoms. The molecule has 0 radical (unpaired) electrons. The number of hydrogen-bond acceptors (Lipinski definition) is 5. The topological polar surface area (TPSA) is 102 Å². The first-order chi connectivity index (χ1) is 15.0. The van der Waals surface area contributed by atoms with Crippen LogP contribution >= 0.6 is 0 Å². The van der Waals surface area contributed by atoms with Crippen LogP contribution in [-0.4, -0.2) is 27.7 Å². The third kappa shape index (κ3) is 4.14. The van der Waals surface area contributed by atoms with E-state index in [-0.39, 0.29) is 17.2 Å². The van der Waals surface area contributed by atoms with Gasteiger partial charge >= 0.3 is 0 Å². The second kappa shape index (κ2) is 8.59. The fraction of sp³-hybridized carbons (Fsp3) is 0.304. The molecule has 0 fully saturated rings. The lowest BCUT2D eigenvalue weighted by atomic mass is 10.1. The second-order valence-electron chi connectivity index (χ2n) is 7.54. The van der Waals surface area contributed by atoms with Crippen LogP contribution in [0.5, 0.6) is 5.75 Å². The number of rotatable bonds is 6. The molecule has 0 bridgehead atoms. The number of unbranched alkanes of at least 4 members (excludes halogenated alkanes) is 2. The number of fused-ring (bicyclic) bond motifs is 2. The van der Waals surface area contributed by atoms with E-state index in [4.69, 9.17) is 4.74 Å². The van der Waals surface area contributed by atoms with E-state index in [1.54, 1.807) is 49.4 Å². The van der Waals surface area contributed by atoms with E-state index in [2.05, 4.69) is 22.7 Å². The van der Waals surface area contributed by atoms with Crippen LogP contribution in [0.4, 0.5) is 11.4 Å². The van der Waals surface area contributed by atoms with Gasteiger partial charge in [0.2, 0.25) is 0 Å². The monoisotopic (exact) mass is 420 g/mol. The highest BCUT2D eigenvalue weighted by molar-refractivity contribution is 6.11. The van der Waals surface area contributed by atoms with Crippen molar-refractivity contribution in [3.8, 4) is 5.75 Å². The number of aromatic nitrogens is 2. The summed E-state index contributed by atoms with van der Waals surface area (Å²) in [6, 6.07) is 12.0. The summed E-state index contributed by atoms with van der Waals surface area (Å²) in [5.74, 6) is -0.141. The number of ether oxygens (including phenoxy) is 1. The standard InChI is InChI=1S/C23H24N4O4/c1-3-4-7-12-27-23(30)17-9-6-5-8-16(17)20(26-27)22(29)24-15-10-11-19-18(13-15)25-21(28)14(2)31-19/h5-6,8-11,13-14H,3-4,7,12H2,1-2H3,(H,24,29)(H,25,28)/t14-/m0/s1. The third-order valence-corrected chi connectivity index (χ3v) is 5.22. The first-order valence-electron chi connectivity index (χ1n) is 10.4. The van der Waals surface area contributed by atoms with Crippen molar-refractivity contribution < 1.29 is 14.3 Å². The fourth-order valence-corrected chi connectivity index (χ4v) is 3.54. The molecule has 0 saturated heterocycles. The smallest absolute Gasteiger partial charge is 0.276 e. The molecule has 1 aliphatic rings. The van der Waals surface area contributed by atoms with Gasteiger partial charge in [0.25, 0.3) is 17.4 Å². The highest BCUT2D eigenvalue weighted by Gasteiger charge is 2.24. The average molecular weight is 420 g/mol. The van der Waals surface area contributed by atoms with Gasteiger partial charge in [-0.3, -0.25) is 14.4 Å². The van der Waals surface area contributed by atoms with Crippen LogP contribution < -0.4 is 20.9 Å². The number of anilines is 2. The van der Waals surface area contributed by atoms with Crippen LogP contribution in [0, 0.1) is 0 Å². The molecule has 1 atom stereocenters. The lowest BCUT2D eigenvalue weighted by molar-refractivity contribution is -0.122. The summed E-state index contributed by atoms with van der Waals surface area (Å²) in [5.41, 5.74) is 0.949. The van der Waals surface area contributed by atoms with E-state index in [9.17, 15) is 14.4 Å². The minimum Gasteiger partial charge on any atom is -0.479 e. The van der Waals surface area contributed by atoms with Crippen molar-refractivity contribution in [3.05, 3.63) is 58.5 Å². The van der Waals surface area contributed by atoms with Crippen molar-refractivity contribution in [2.75, 3.05) is 10.6 Å². The molecule has 0 unspecified atom stereocenters. The Bertz CT molecular complexity index is 1220. The van der Waals surface area contributed by atoms with Gasteiger partial charge in [0.1, 0.15) is 5.75 Å². The van der Waals surface area contributed by atoms with Gasteiger partial charge in [-0.15, -0.1) is 0 Å². The zero-order valence-corrected chi connectivity index (χ0v) is 17.5. The zero-order valence-electron chi connectivity index (χ0n) is 17.5. The van der Waals surface area contributed by atoms with Gasteiger partial charge in [-0.2, -0.15) is 5.10 Å². The zero-order chi connectivity index (χ0) is 22.0. The van der Waals surface area contributed by atoms with Gasteiger partial charge in [0, 0.05) is 17.6 Å². The van der Waals surface area contributed by atoms with Crippen LogP contribution in [0.25, 0.3) is 10.8 Å². The fourth-order valence-electron chi connectivity index (χ4n) is 3.54. The lowest BCUT2D eigenvalue weighted by Gasteiger charge is -2.23. The van der Waals surface area contributed by atoms with Crippen LogP contribution in [0.3, 0.4) is 0 Å². The predicted octanol–water partition coefficient (Wildman–Crippen LogP) is 3.56. The average Bonchev–Trinajstić information content (AvgIpc) is 2.76. The molecule has 0 aliphatic carbocycles. The summed E-state index contributed by atoms with van der Waals surface area (Å²) >= 11 is 0. The maximum absolute atomic E-state index is 13.1. The largest absolute Gasteiger partial charge is 0.479 e. The van der Waals surface area contributed by atoms with E-state index in [1.165, 1.54) is 4.68 Å². The molecular formula is C23H24N4O4.